The van der Waals surface area contributed by atoms with Gasteiger partial charge in [-0.15, -0.1) is 0 Å². The van der Waals surface area contributed by atoms with Gasteiger partial charge < -0.3 is 14.8 Å². The molecule has 0 bridgehead atoms. The Kier molecular flexibility index (Phi) is 9.06. The van der Waals surface area contributed by atoms with E-state index in [-0.39, 0.29) is 5.92 Å². The highest BCUT2D eigenvalue weighted by molar-refractivity contribution is 5.81. The predicted molar refractivity (Wildman–Crippen MR) is 69.3 cm³/mol. The molecule has 5 nitrogen and oxygen atoms in total. The number of nitrogens with one attached hydrogen (secondary N) is 1. The van der Waals surface area contributed by atoms with Gasteiger partial charge in [0, 0.05) is 0 Å². The van der Waals surface area contributed by atoms with Gasteiger partial charge in [-0.3, -0.25) is 0 Å². The molecule has 1 amide bonds. The van der Waals surface area contributed by atoms with E-state index >= 15 is 0 Å². The zero-order valence-corrected chi connectivity index (χ0v) is 11.8. The molecule has 0 saturated heterocycles. The van der Waals surface area contributed by atoms with Crippen LogP contribution in [-0.4, -0.2) is 31.8 Å². The second-order valence-electron chi connectivity index (χ2n) is 4.59. The van der Waals surface area contributed by atoms with Crippen LogP contribution in [0, 0.1) is 5.92 Å². The van der Waals surface area contributed by atoms with Gasteiger partial charge in [0.15, 0.2) is 0 Å². The predicted octanol–water partition coefficient (Wildman–Crippen LogP) is 2.49. The maximum Gasteiger partial charge on any atom is 0.407 e. The van der Waals surface area contributed by atoms with Crippen molar-refractivity contribution in [3.8, 4) is 0 Å². The minimum absolute atomic E-state index is 0.0350. The van der Waals surface area contributed by atoms with Crippen LogP contribution >= 0.6 is 0 Å². The first kappa shape index (κ1) is 16.7. The molecule has 0 aliphatic rings. The Balaban J connectivity index is 4.03. The lowest BCUT2D eigenvalue weighted by Gasteiger charge is -2.19. The van der Waals surface area contributed by atoms with Gasteiger partial charge in [-0.25, -0.2) is 9.59 Å². The molecule has 18 heavy (non-hydrogen) atoms. The first-order chi connectivity index (χ1) is 8.52. The average molecular weight is 259 g/mol. The Morgan fingerprint density at radius 3 is 2.33 bits per heavy atom. The standard InChI is InChI=1S/C13H25NO4/c1-5-6-7-8-9-18-12(15)11(10(2)3)14-13(16)17-4/h10-11H,5-9H2,1-4H3,(H,14,16). The number of amides is 1. The highest BCUT2D eigenvalue weighted by Gasteiger charge is 2.25. The van der Waals surface area contributed by atoms with E-state index in [0.717, 1.165) is 25.7 Å². The van der Waals surface area contributed by atoms with E-state index in [4.69, 9.17) is 4.74 Å². The van der Waals surface area contributed by atoms with E-state index in [9.17, 15) is 9.59 Å². The summed E-state index contributed by atoms with van der Waals surface area (Å²) in [5.41, 5.74) is 0. The molecule has 0 aromatic heterocycles. The van der Waals surface area contributed by atoms with Crippen molar-refractivity contribution < 1.29 is 19.1 Å². The molecule has 0 heterocycles. The average Bonchev–Trinajstić information content (AvgIpc) is 2.34. The number of alkyl carbamates (subject to hydrolysis) is 1. The molecular weight excluding hydrogens is 234 g/mol. The van der Waals surface area contributed by atoms with E-state index in [1.807, 2.05) is 13.8 Å². The molecule has 5 heteroatoms. The second-order valence-corrected chi connectivity index (χ2v) is 4.59. The van der Waals surface area contributed by atoms with Crippen LogP contribution in [-0.2, 0) is 14.3 Å². The number of hydrogen-bond donors (Lipinski definition) is 1. The first-order valence-electron chi connectivity index (χ1n) is 6.54. The van der Waals surface area contributed by atoms with Crippen molar-refractivity contribution in [3.63, 3.8) is 0 Å². The van der Waals surface area contributed by atoms with Gasteiger partial charge in [-0.1, -0.05) is 40.0 Å². The van der Waals surface area contributed by atoms with E-state index in [1.165, 1.54) is 7.11 Å². The molecule has 0 fully saturated rings. The largest absolute Gasteiger partial charge is 0.464 e. The van der Waals surface area contributed by atoms with Crippen molar-refractivity contribution in [1.29, 1.82) is 0 Å². The Labute approximate surface area is 109 Å². The van der Waals surface area contributed by atoms with Gasteiger partial charge in [0.25, 0.3) is 0 Å². The van der Waals surface area contributed by atoms with Gasteiger partial charge in [0.05, 0.1) is 13.7 Å². The quantitative estimate of drug-likeness (QED) is 0.537. The van der Waals surface area contributed by atoms with Gasteiger partial charge >= 0.3 is 12.1 Å². The summed E-state index contributed by atoms with van der Waals surface area (Å²) in [6, 6.07) is -0.649. The topological polar surface area (TPSA) is 64.6 Å². The van der Waals surface area contributed by atoms with Crippen LogP contribution in [0.5, 0.6) is 0 Å². The summed E-state index contributed by atoms with van der Waals surface area (Å²) < 4.78 is 9.63. The third-order valence-electron chi connectivity index (χ3n) is 2.62. The zero-order valence-electron chi connectivity index (χ0n) is 11.8. The third kappa shape index (κ3) is 7.14. The van der Waals surface area contributed by atoms with Crippen LogP contribution in [0.1, 0.15) is 46.5 Å². The Bertz CT molecular complexity index is 253. The molecular formula is C13H25NO4. The first-order valence-corrected chi connectivity index (χ1v) is 6.54. The van der Waals surface area contributed by atoms with Gasteiger partial charge in [0.2, 0.25) is 0 Å². The summed E-state index contributed by atoms with van der Waals surface area (Å²) in [7, 11) is 1.27. The van der Waals surface area contributed by atoms with E-state index in [1.54, 1.807) is 0 Å². The van der Waals surface area contributed by atoms with Crippen LogP contribution < -0.4 is 5.32 Å². The van der Waals surface area contributed by atoms with Crippen molar-refractivity contribution in [2.75, 3.05) is 13.7 Å². The minimum atomic E-state index is -0.649. The molecule has 0 aliphatic carbocycles. The number of unbranched alkanes of at least 4 members (excludes halogenated alkanes) is 3. The van der Waals surface area contributed by atoms with Crippen LogP contribution in [0.25, 0.3) is 0 Å². The van der Waals surface area contributed by atoms with Crippen molar-refractivity contribution in [2.45, 2.75) is 52.5 Å². The maximum absolute atomic E-state index is 11.8. The summed E-state index contributed by atoms with van der Waals surface area (Å²) in [5, 5.41) is 2.48. The Morgan fingerprint density at radius 1 is 1.17 bits per heavy atom. The molecule has 0 radical (unpaired) electrons. The van der Waals surface area contributed by atoms with Crippen LogP contribution in [0.4, 0.5) is 4.79 Å². The number of esters is 1. The molecule has 0 aromatic rings. The molecule has 0 aliphatic heterocycles. The number of carbonyl (C=O) groups is 2. The smallest absolute Gasteiger partial charge is 0.407 e. The molecule has 0 rings (SSSR count). The third-order valence-corrected chi connectivity index (χ3v) is 2.62. The van der Waals surface area contributed by atoms with Gasteiger partial charge in [-0.2, -0.15) is 0 Å². The fourth-order valence-electron chi connectivity index (χ4n) is 1.48. The SMILES string of the molecule is CCCCCCOC(=O)C(NC(=O)OC)C(C)C. The number of rotatable bonds is 8. The molecule has 1 unspecified atom stereocenters. The molecule has 106 valence electrons. The number of methoxy groups -OCH3 is 1. The Hall–Kier alpha value is -1.26. The van der Waals surface area contributed by atoms with E-state index in [0.29, 0.717) is 6.61 Å². The highest BCUT2D eigenvalue weighted by Crippen LogP contribution is 2.06. The van der Waals surface area contributed by atoms with Crippen molar-refractivity contribution >= 4 is 12.1 Å². The highest BCUT2D eigenvalue weighted by atomic mass is 16.5. The molecule has 1 N–H and O–H groups in total. The van der Waals surface area contributed by atoms with Gasteiger partial charge in [-0.05, 0) is 12.3 Å². The lowest BCUT2D eigenvalue weighted by Crippen LogP contribution is -2.45. The fraction of sp³-hybridized carbons (Fsp3) is 0.846. The fourth-order valence-corrected chi connectivity index (χ4v) is 1.48. The van der Waals surface area contributed by atoms with E-state index < -0.39 is 18.1 Å². The Morgan fingerprint density at radius 2 is 1.83 bits per heavy atom. The number of carbonyl (C=O) groups excluding carboxylic acids is 2. The van der Waals surface area contributed by atoms with Crippen LogP contribution in [0.3, 0.4) is 0 Å². The molecule has 0 aromatic carbocycles. The second kappa shape index (κ2) is 9.74. The maximum atomic E-state index is 11.8. The van der Waals surface area contributed by atoms with Crippen LogP contribution in [0.15, 0.2) is 0 Å². The molecule has 0 spiro atoms. The normalized spacial score (nSPS) is 12.1. The minimum Gasteiger partial charge on any atom is -0.464 e. The summed E-state index contributed by atoms with van der Waals surface area (Å²) in [4.78, 5) is 22.9. The summed E-state index contributed by atoms with van der Waals surface area (Å²) in [6.07, 6.45) is 3.60. The van der Waals surface area contributed by atoms with Crippen molar-refractivity contribution in [2.24, 2.45) is 5.92 Å². The summed E-state index contributed by atoms with van der Waals surface area (Å²) >= 11 is 0. The lowest BCUT2D eigenvalue weighted by molar-refractivity contribution is -0.147. The van der Waals surface area contributed by atoms with Crippen molar-refractivity contribution in [3.05, 3.63) is 0 Å². The van der Waals surface area contributed by atoms with Crippen molar-refractivity contribution in [1.82, 2.24) is 5.32 Å². The van der Waals surface area contributed by atoms with Crippen LogP contribution in [0.2, 0.25) is 0 Å². The van der Waals surface area contributed by atoms with E-state index in [2.05, 4.69) is 17.0 Å². The zero-order chi connectivity index (χ0) is 14.0. The molecule has 1 atom stereocenters. The number of ether oxygens (including phenoxy) is 2. The monoisotopic (exact) mass is 259 g/mol. The molecule has 0 saturated carbocycles. The lowest BCUT2D eigenvalue weighted by atomic mass is 10.1. The summed E-state index contributed by atoms with van der Waals surface area (Å²) in [6.45, 7) is 6.23. The number of hydrogen-bond acceptors (Lipinski definition) is 4. The van der Waals surface area contributed by atoms with Gasteiger partial charge in [0.1, 0.15) is 6.04 Å². The summed E-state index contributed by atoms with van der Waals surface area (Å²) in [5.74, 6) is -0.431.